The van der Waals surface area contributed by atoms with Crippen molar-refractivity contribution in [1.29, 1.82) is 0 Å². The van der Waals surface area contributed by atoms with E-state index in [1.54, 1.807) is 24.4 Å². The van der Waals surface area contributed by atoms with Crippen molar-refractivity contribution < 1.29 is 8.42 Å². The molecule has 0 unspecified atom stereocenters. The van der Waals surface area contributed by atoms with Gasteiger partial charge in [-0.25, -0.2) is 8.42 Å². The average molecular weight is 434 g/mol. The van der Waals surface area contributed by atoms with Crippen molar-refractivity contribution >= 4 is 47.4 Å². The Bertz CT molecular complexity index is 777. The van der Waals surface area contributed by atoms with Crippen LogP contribution in [-0.2, 0) is 16.4 Å². The Morgan fingerprint density at radius 3 is 2.57 bits per heavy atom. The smallest absolute Gasteiger partial charge is 0.175 e. The third-order valence-electron chi connectivity index (χ3n) is 2.97. The summed E-state index contributed by atoms with van der Waals surface area (Å²) in [5.41, 5.74) is 2.62. The molecule has 1 aromatic carbocycles. The van der Waals surface area contributed by atoms with Crippen molar-refractivity contribution in [3.63, 3.8) is 0 Å². The minimum Gasteiger partial charge on any atom is -0.379 e. The number of sulfone groups is 1. The highest BCUT2D eigenvalue weighted by Crippen LogP contribution is 2.23. The van der Waals surface area contributed by atoms with Crippen LogP contribution >= 0.6 is 31.9 Å². The number of nitrogens with one attached hydrogen (secondary N) is 1. The molecule has 0 saturated heterocycles. The molecule has 112 valence electrons. The number of nitrogens with zero attached hydrogens (tertiary/aromatic N) is 1. The molecule has 0 aliphatic rings. The van der Waals surface area contributed by atoms with Crippen LogP contribution in [0.5, 0.6) is 0 Å². The fourth-order valence-electron chi connectivity index (χ4n) is 1.77. The minimum atomic E-state index is -3.21. The van der Waals surface area contributed by atoms with Crippen molar-refractivity contribution in [3.8, 4) is 0 Å². The second kappa shape index (κ2) is 6.46. The van der Waals surface area contributed by atoms with Crippen LogP contribution in [0.15, 0.2) is 44.3 Å². The van der Waals surface area contributed by atoms with Gasteiger partial charge in [0, 0.05) is 27.1 Å². The van der Waals surface area contributed by atoms with Crippen LogP contribution in [0.4, 0.5) is 5.69 Å². The Hall–Kier alpha value is -0.920. The van der Waals surface area contributed by atoms with Crippen LogP contribution in [0.3, 0.4) is 0 Å². The Kier molecular flexibility index (Phi) is 5.06. The summed E-state index contributed by atoms with van der Waals surface area (Å²) in [6.07, 6.45) is 2.93. The molecule has 21 heavy (non-hydrogen) atoms. The number of aromatic nitrogens is 1. The molecule has 2 rings (SSSR count). The molecule has 4 nitrogen and oxygen atoms in total. The van der Waals surface area contributed by atoms with Crippen LogP contribution in [0, 0.1) is 6.92 Å². The van der Waals surface area contributed by atoms with Gasteiger partial charge in [-0.1, -0.05) is 6.07 Å². The number of hydrogen-bond acceptors (Lipinski definition) is 4. The normalized spacial score (nSPS) is 11.4. The first kappa shape index (κ1) is 16.5. The number of anilines is 1. The predicted octanol–water partition coefficient (Wildman–Crippen LogP) is 3.93. The predicted molar refractivity (Wildman–Crippen MR) is 91.3 cm³/mol. The standard InChI is InChI=1S/C14H14Br2N2O2S/c1-9-3-4-11(21(2,19)20)6-13(9)18-8-14-12(16)5-10(15)7-17-14/h3-7,18H,8H2,1-2H3. The summed E-state index contributed by atoms with van der Waals surface area (Å²) in [5, 5.41) is 3.23. The molecule has 1 heterocycles. The number of halogens is 2. The second-order valence-electron chi connectivity index (χ2n) is 4.68. The molecule has 0 aliphatic carbocycles. The van der Waals surface area contributed by atoms with E-state index in [9.17, 15) is 8.42 Å². The highest BCUT2D eigenvalue weighted by Gasteiger charge is 2.10. The summed E-state index contributed by atoms with van der Waals surface area (Å²) < 4.78 is 25.0. The van der Waals surface area contributed by atoms with Gasteiger partial charge in [-0.2, -0.15) is 0 Å². The Labute approximate surface area is 141 Å². The van der Waals surface area contributed by atoms with Gasteiger partial charge in [-0.3, -0.25) is 4.98 Å². The van der Waals surface area contributed by atoms with E-state index in [1.165, 1.54) is 6.26 Å². The van der Waals surface area contributed by atoms with Crippen molar-refractivity contribution in [3.05, 3.63) is 50.7 Å². The lowest BCUT2D eigenvalue weighted by atomic mass is 10.2. The zero-order valence-corrected chi connectivity index (χ0v) is 15.5. The maximum absolute atomic E-state index is 11.6. The quantitative estimate of drug-likeness (QED) is 0.793. The third-order valence-corrected chi connectivity index (χ3v) is 5.20. The van der Waals surface area contributed by atoms with Gasteiger partial charge in [0.1, 0.15) is 0 Å². The van der Waals surface area contributed by atoms with E-state index in [-0.39, 0.29) is 0 Å². The van der Waals surface area contributed by atoms with Crippen molar-refractivity contribution in [2.45, 2.75) is 18.4 Å². The largest absolute Gasteiger partial charge is 0.379 e. The number of pyridine rings is 1. The van der Waals surface area contributed by atoms with Gasteiger partial charge in [0.05, 0.1) is 17.1 Å². The first-order valence-electron chi connectivity index (χ1n) is 6.12. The van der Waals surface area contributed by atoms with Crippen LogP contribution in [0.2, 0.25) is 0 Å². The Balaban J connectivity index is 2.23. The number of benzene rings is 1. The summed E-state index contributed by atoms with van der Waals surface area (Å²) in [6.45, 7) is 2.43. The summed E-state index contributed by atoms with van der Waals surface area (Å²) in [4.78, 5) is 4.62. The maximum atomic E-state index is 11.6. The summed E-state index contributed by atoms with van der Waals surface area (Å²) in [5.74, 6) is 0. The molecule has 0 amide bonds. The van der Waals surface area contributed by atoms with E-state index >= 15 is 0 Å². The van der Waals surface area contributed by atoms with E-state index in [1.807, 2.05) is 13.0 Å². The zero-order valence-electron chi connectivity index (χ0n) is 11.5. The van der Waals surface area contributed by atoms with Gasteiger partial charge in [0.25, 0.3) is 0 Å². The monoisotopic (exact) mass is 432 g/mol. The molecule has 0 radical (unpaired) electrons. The van der Waals surface area contributed by atoms with E-state index in [0.717, 1.165) is 25.9 Å². The lowest BCUT2D eigenvalue weighted by Crippen LogP contribution is -2.05. The molecular formula is C14H14Br2N2O2S. The van der Waals surface area contributed by atoms with Crippen LogP contribution in [0.1, 0.15) is 11.3 Å². The fraction of sp³-hybridized carbons (Fsp3) is 0.214. The molecule has 2 aromatic rings. The Morgan fingerprint density at radius 1 is 1.24 bits per heavy atom. The molecule has 0 atom stereocenters. The van der Waals surface area contributed by atoms with Crippen molar-refractivity contribution in [2.75, 3.05) is 11.6 Å². The number of rotatable bonds is 4. The topological polar surface area (TPSA) is 59.1 Å². The number of aryl methyl sites for hydroxylation is 1. The van der Waals surface area contributed by atoms with E-state index in [4.69, 9.17) is 0 Å². The van der Waals surface area contributed by atoms with Gasteiger partial charge in [0.15, 0.2) is 9.84 Å². The molecule has 0 saturated carbocycles. The van der Waals surface area contributed by atoms with Gasteiger partial charge in [-0.15, -0.1) is 0 Å². The molecular weight excluding hydrogens is 420 g/mol. The minimum absolute atomic E-state index is 0.304. The summed E-state index contributed by atoms with van der Waals surface area (Å²) in [6, 6.07) is 6.98. The first-order chi connectivity index (χ1) is 9.77. The van der Waals surface area contributed by atoms with Gasteiger partial charge in [0.2, 0.25) is 0 Å². The summed E-state index contributed by atoms with van der Waals surface area (Å²) in [7, 11) is -3.21. The molecule has 7 heteroatoms. The van der Waals surface area contributed by atoms with Crippen molar-refractivity contribution in [2.24, 2.45) is 0 Å². The molecule has 0 aliphatic heterocycles. The molecule has 0 fully saturated rings. The van der Waals surface area contributed by atoms with E-state index < -0.39 is 9.84 Å². The zero-order chi connectivity index (χ0) is 15.6. The highest BCUT2D eigenvalue weighted by atomic mass is 79.9. The third kappa shape index (κ3) is 4.28. The second-order valence-corrected chi connectivity index (χ2v) is 8.47. The lowest BCUT2D eigenvalue weighted by Gasteiger charge is -2.11. The molecule has 1 N–H and O–H groups in total. The van der Waals surface area contributed by atoms with Crippen LogP contribution < -0.4 is 5.32 Å². The van der Waals surface area contributed by atoms with Gasteiger partial charge >= 0.3 is 0 Å². The lowest BCUT2D eigenvalue weighted by molar-refractivity contribution is 0.602. The first-order valence-corrected chi connectivity index (χ1v) is 9.59. The van der Waals surface area contributed by atoms with Crippen molar-refractivity contribution in [1.82, 2.24) is 4.98 Å². The van der Waals surface area contributed by atoms with Crippen LogP contribution in [-0.4, -0.2) is 19.7 Å². The maximum Gasteiger partial charge on any atom is 0.175 e. The van der Waals surface area contributed by atoms with E-state index in [2.05, 4.69) is 42.2 Å². The average Bonchev–Trinajstić information content (AvgIpc) is 2.38. The fourth-order valence-corrected chi connectivity index (χ4v) is 3.55. The van der Waals surface area contributed by atoms with Gasteiger partial charge < -0.3 is 5.32 Å². The van der Waals surface area contributed by atoms with Crippen LogP contribution in [0.25, 0.3) is 0 Å². The SMILES string of the molecule is Cc1ccc(S(C)(=O)=O)cc1NCc1ncc(Br)cc1Br. The molecule has 1 aromatic heterocycles. The number of hydrogen-bond donors (Lipinski definition) is 1. The van der Waals surface area contributed by atoms with Gasteiger partial charge in [-0.05, 0) is 62.5 Å². The molecule has 0 spiro atoms. The van der Waals surface area contributed by atoms with E-state index in [0.29, 0.717) is 11.4 Å². The Morgan fingerprint density at radius 2 is 1.95 bits per heavy atom. The highest BCUT2D eigenvalue weighted by molar-refractivity contribution is 9.11. The summed E-state index contributed by atoms with van der Waals surface area (Å²) >= 11 is 6.81. The molecule has 0 bridgehead atoms.